The van der Waals surface area contributed by atoms with Crippen molar-refractivity contribution in [2.75, 3.05) is 0 Å². The Kier molecular flexibility index (Phi) is 4.72. The lowest BCUT2D eigenvalue weighted by Gasteiger charge is -2.12. The number of hydrogen-bond donors (Lipinski definition) is 0. The van der Waals surface area contributed by atoms with Gasteiger partial charge >= 0.3 is 0 Å². The molecule has 0 spiro atoms. The molecule has 0 atom stereocenters. The number of aromatic nitrogens is 5. The number of nitrogens with zero attached hydrogens (tertiary/aromatic N) is 5. The SMILES string of the molecule is Cc1cc(-c2ccccn2)ccc1-n1ccc(=O)c(-c2ccnn2-c2ccccc2)n1. The number of para-hydroxylation sites is 1. The van der Waals surface area contributed by atoms with Crippen LogP contribution in [0.4, 0.5) is 0 Å². The Morgan fingerprint density at radius 2 is 1.68 bits per heavy atom. The highest BCUT2D eigenvalue weighted by Crippen LogP contribution is 2.23. The summed E-state index contributed by atoms with van der Waals surface area (Å²) in [6.07, 6.45) is 5.15. The summed E-state index contributed by atoms with van der Waals surface area (Å²) in [6.45, 7) is 2.02. The molecule has 0 amide bonds. The summed E-state index contributed by atoms with van der Waals surface area (Å²) < 4.78 is 3.46. The van der Waals surface area contributed by atoms with Crippen LogP contribution in [0, 0.1) is 6.92 Å². The Bertz CT molecular complexity index is 1410. The standard InChI is InChI=1S/C25H19N5O/c1-18-17-19(21-9-5-6-14-26-21)10-11-22(18)29-16-13-24(31)25(28-29)23-12-15-27-30(23)20-7-3-2-4-8-20/h2-17H,1H3. The highest BCUT2D eigenvalue weighted by atomic mass is 16.1. The second kappa shape index (κ2) is 7.84. The van der Waals surface area contributed by atoms with E-state index in [0.29, 0.717) is 11.4 Å². The zero-order chi connectivity index (χ0) is 21.2. The van der Waals surface area contributed by atoms with E-state index < -0.39 is 0 Å². The molecule has 0 saturated heterocycles. The molecule has 5 aromatic rings. The minimum Gasteiger partial charge on any atom is -0.287 e. The third-order valence-electron chi connectivity index (χ3n) is 5.10. The third-order valence-corrected chi connectivity index (χ3v) is 5.10. The van der Waals surface area contributed by atoms with Crippen LogP contribution in [-0.4, -0.2) is 24.5 Å². The van der Waals surface area contributed by atoms with Gasteiger partial charge in [0.1, 0.15) is 0 Å². The molecule has 0 saturated carbocycles. The van der Waals surface area contributed by atoms with Crippen LogP contribution >= 0.6 is 0 Å². The van der Waals surface area contributed by atoms with Gasteiger partial charge in [0.15, 0.2) is 5.69 Å². The van der Waals surface area contributed by atoms with Gasteiger partial charge in [0.25, 0.3) is 0 Å². The van der Waals surface area contributed by atoms with Crippen molar-refractivity contribution in [3.8, 4) is 34.0 Å². The number of aryl methyl sites for hydroxylation is 1. The van der Waals surface area contributed by atoms with E-state index in [1.165, 1.54) is 6.07 Å². The fraction of sp³-hybridized carbons (Fsp3) is 0.0400. The summed E-state index contributed by atoms with van der Waals surface area (Å²) >= 11 is 0. The topological polar surface area (TPSA) is 65.6 Å². The van der Waals surface area contributed by atoms with Crippen LogP contribution in [0.1, 0.15) is 5.56 Å². The van der Waals surface area contributed by atoms with Crippen molar-refractivity contribution in [1.29, 1.82) is 0 Å². The fourth-order valence-corrected chi connectivity index (χ4v) is 3.58. The van der Waals surface area contributed by atoms with Crippen LogP contribution in [0.25, 0.3) is 34.0 Å². The third kappa shape index (κ3) is 3.55. The highest BCUT2D eigenvalue weighted by molar-refractivity contribution is 5.63. The highest BCUT2D eigenvalue weighted by Gasteiger charge is 2.14. The summed E-state index contributed by atoms with van der Waals surface area (Å²) in [7, 11) is 0. The van der Waals surface area contributed by atoms with Gasteiger partial charge < -0.3 is 0 Å². The maximum absolute atomic E-state index is 12.7. The molecule has 0 unspecified atom stereocenters. The molecule has 150 valence electrons. The molecule has 3 heterocycles. The average Bonchev–Trinajstić information content (AvgIpc) is 3.30. The number of benzene rings is 2. The molecular formula is C25H19N5O. The first-order chi connectivity index (χ1) is 15.2. The van der Waals surface area contributed by atoms with Crippen LogP contribution < -0.4 is 5.43 Å². The van der Waals surface area contributed by atoms with E-state index >= 15 is 0 Å². The Morgan fingerprint density at radius 3 is 2.45 bits per heavy atom. The van der Waals surface area contributed by atoms with E-state index in [-0.39, 0.29) is 5.43 Å². The van der Waals surface area contributed by atoms with Crippen molar-refractivity contribution >= 4 is 0 Å². The van der Waals surface area contributed by atoms with Crippen molar-refractivity contribution in [2.24, 2.45) is 0 Å². The second-order valence-corrected chi connectivity index (χ2v) is 7.15. The Hall–Kier alpha value is -4.32. The average molecular weight is 405 g/mol. The smallest absolute Gasteiger partial charge is 0.209 e. The van der Waals surface area contributed by atoms with E-state index in [0.717, 1.165) is 28.2 Å². The first kappa shape index (κ1) is 18.7. The minimum absolute atomic E-state index is 0.156. The van der Waals surface area contributed by atoms with Crippen LogP contribution in [0.5, 0.6) is 0 Å². The molecule has 0 aliphatic heterocycles. The summed E-state index contributed by atoms with van der Waals surface area (Å²) in [5.41, 5.74) is 5.58. The molecule has 5 rings (SSSR count). The molecule has 0 N–H and O–H groups in total. The van der Waals surface area contributed by atoms with E-state index in [4.69, 9.17) is 0 Å². The molecule has 2 aromatic carbocycles. The molecular weight excluding hydrogens is 386 g/mol. The van der Waals surface area contributed by atoms with Crippen molar-refractivity contribution < 1.29 is 0 Å². The predicted molar refractivity (Wildman–Crippen MR) is 120 cm³/mol. The Balaban J connectivity index is 1.58. The normalized spacial score (nSPS) is 10.9. The summed E-state index contributed by atoms with van der Waals surface area (Å²) in [6, 6.07) is 25.0. The van der Waals surface area contributed by atoms with E-state index in [2.05, 4.69) is 21.2 Å². The monoisotopic (exact) mass is 405 g/mol. The van der Waals surface area contributed by atoms with Gasteiger partial charge in [-0.05, 0) is 55.0 Å². The second-order valence-electron chi connectivity index (χ2n) is 7.15. The van der Waals surface area contributed by atoms with Crippen molar-refractivity contribution in [1.82, 2.24) is 24.5 Å². The van der Waals surface area contributed by atoms with Gasteiger partial charge in [-0.1, -0.05) is 30.3 Å². The predicted octanol–water partition coefficient (Wildman–Crippen LogP) is 4.46. The summed E-state index contributed by atoms with van der Waals surface area (Å²) in [5.74, 6) is 0. The first-order valence-electron chi connectivity index (χ1n) is 9.93. The summed E-state index contributed by atoms with van der Waals surface area (Å²) in [5, 5.41) is 9.05. The van der Waals surface area contributed by atoms with Gasteiger partial charge in [0.05, 0.1) is 29.0 Å². The van der Waals surface area contributed by atoms with E-state index in [9.17, 15) is 4.79 Å². The van der Waals surface area contributed by atoms with Crippen LogP contribution in [0.15, 0.2) is 102 Å². The summed E-state index contributed by atoms with van der Waals surface area (Å²) in [4.78, 5) is 17.1. The van der Waals surface area contributed by atoms with Crippen LogP contribution in [0.3, 0.4) is 0 Å². The van der Waals surface area contributed by atoms with Gasteiger partial charge in [-0.2, -0.15) is 10.2 Å². The molecule has 0 fully saturated rings. The van der Waals surface area contributed by atoms with Crippen molar-refractivity contribution in [2.45, 2.75) is 6.92 Å². The van der Waals surface area contributed by atoms with E-state index in [1.807, 2.05) is 67.6 Å². The Morgan fingerprint density at radius 1 is 0.839 bits per heavy atom. The lowest BCUT2D eigenvalue weighted by Crippen LogP contribution is -2.15. The molecule has 0 bridgehead atoms. The van der Waals surface area contributed by atoms with Gasteiger partial charge in [0, 0.05) is 24.0 Å². The van der Waals surface area contributed by atoms with Gasteiger partial charge in [0.2, 0.25) is 5.43 Å². The molecule has 6 heteroatoms. The maximum Gasteiger partial charge on any atom is 0.209 e. The van der Waals surface area contributed by atoms with Gasteiger partial charge in [-0.3, -0.25) is 9.78 Å². The van der Waals surface area contributed by atoms with Crippen molar-refractivity contribution in [3.63, 3.8) is 0 Å². The fourth-order valence-electron chi connectivity index (χ4n) is 3.58. The largest absolute Gasteiger partial charge is 0.287 e. The first-order valence-corrected chi connectivity index (χ1v) is 9.93. The zero-order valence-electron chi connectivity index (χ0n) is 16.9. The van der Waals surface area contributed by atoms with Crippen molar-refractivity contribution in [3.05, 3.63) is 113 Å². The zero-order valence-corrected chi connectivity index (χ0v) is 16.9. The molecule has 0 aliphatic carbocycles. The molecule has 3 aromatic heterocycles. The molecule has 0 aliphatic rings. The van der Waals surface area contributed by atoms with Gasteiger partial charge in [-0.25, -0.2) is 9.36 Å². The van der Waals surface area contributed by atoms with Crippen LogP contribution in [0.2, 0.25) is 0 Å². The lowest BCUT2D eigenvalue weighted by molar-refractivity contribution is 0.818. The number of hydrogen-bond acceptors (Lipinski definition) is 4. The molecule has 31 heavy (non-hydrogen) atoms. The quantitative estimate of drug-likeness (QED) is 0.443. The molecule has 0 radical (unpaired) electrons. The number of rotatable bonds is 4. The maximum atomic E-state index is 12.7. The number of pyridine rings is 1. The molecule has 6 nitrogen and oxygen atoms in total. The van der Waals surface area contributed by atoms with E-state index in [1.54, 1.807) is 34.0 Å². The lowest BCUT2D eigenvalue weighted by atomic mass is 10.1. The van der Waals surface area contributed by atoms with Crippen LogP contribution in [-0.2, 0) is 0 Å². The minimum atomic E-state index is -0.156. The Labute approximate surface area is 179 Å². The van der Waals surface area contributed by atoms with Gasteiger partial charge in [-0.15, -0.1) is 0 Å².